The van der Waals surface area contributed by atoms with Crippen LogP contribution in [0.2, 0.25) is 0 Å². The fraction of sp³-hybridized carbons (Fsp3) is 0.188. The Morgan fingerprint density at radius 2 is 2.10 bits per heavy atom. The highest BCUT2D eigenvalue weighted by Crippen LogP contribution is 2.25. The Hall–Kier alpha value is -2.32. The first kappa shape index (κ1) is 15.1. The van der Waals surface area contributed by atoms with Crippen LogP contribution in [0.5, 0.6) is 5.75 Å². The van der Waals surface area contributed by atoms with Crippen LogP contribution in [0.25, 0.3) is 0 Å². The Morgan fingerprint density at radius 3 is 2.76 bits per heavy atom. The first-order valence-electron chi connectivity index (χ1n) is 6.37. The second-order valence-electron chi connectivity index (χ2n) is 4.62. The van der Waals surface area contributed by atoms with Gasteiger partial charge in [0.25, 0.3) is 0 Å². The molecule has 2 aromatic rings. The van der Waals surface area contributed by atoms with Gasteiger partial charge >= 0.3 is 0 Å². The number of hydrogen-bond acceptors (Lipinski definition) is 4. The second-order valence-corrected chi connectivity index (χ2v) is 6.04. The molecule has 4 nitrogen and oxygen atoms in total. The number of nitrogens with zero attached hydrogens (tertiary/aromatic N) is 1. The summed E-state index contributed by atoms with van der Waals surface area (Å²) in [7, 11) is 0.271. The molecule has 5 heteroatoms. The number of nitrogen functional groups attached to an aromatic ring is 1. The number of ether oxygens (including phenoxy) is 1. The van der Waals surface area contributed by atoms with E-state index in [1.165, 1.54) is 7.11 Å². The smallest absolute Gasteiger partial charge is 0.136 e. The van der Waals surface area contributed by atoms with E-state index in [0.717, 1.165) is 11.1 Å². The number of hydrogen-bond donors (Lipinski definition) is 1. The van der Waals surface area contributed by atoms with Gasteiger partial charge in [0.1, 0.15) is 11.8 Å². The molecule has 0 saturated carbocycles. The van der Waals surface area contributed by atoms with Crippen molar-refractivity contribution in [3.05, 3.63) is 53.1 Å². The Balaban J connectivity index is 2.28. The van der Waals surface area contributed by atoms with Crippen molar-refractivity contribution in [1.29, 1.82) is 5.26 Å². The van der Waals surface area contributed by atoms with Gasteiger partial charge in [0, 0.05) is 0 Å². The molecule has 0 aliphatic heterocycles. The van der Waals surface area contributed by atoms with Gasteiger partial charge in [-0.05, 0) is 36.2 Å². The summed E-state index contributed by atoms with van der Waals surface area (Å²) in [5.74, 6) is 0.819. The SMILES string of the molecule is COc1cc(CS(=O)c2cccc(C)c2N)ccc1C#N. The summed E-state index contributed by atoms with van der Waals surface area (Å²) in [5, 5.41) is 8.96. The van der Waals surface area contributed by atoms with E-state index in [4.69, 9.17) is 15.7 Å². The van der Waals surface area contributed by atoms with Crippen molar-refractivity contribution in [3.63, 3.8) is 0 Å². The summed E-state index contributed by atoms with van der Waals surface area (Å²) in [6, 6.07) is 12.8. The maximum atomic E-state index is 12.5. The second kappa shape index (κ2) is 6.42. The standard InChI is InChI=1S/C16H16N2O2S/c1-11-4-3-5-15(16(11)18)21(19)10-12-6-7-13(9-17)14(8-12)20-2/h3-8H,10,18H2,1-2H3. The summed E-state index contributed by atoms with van der Waals surface area (Å²) >= 11 is 0. The Morgan fingerprint density at radius 1 is 1.33 bits per heavy atom. The van der Waals surface area contributed by atoms with Crippen molar-refractivity contribution >= 4 is 16.5 Å². The zero-order valence-corrected chi connectivity index (χ0v) is 12.7. The lowest BCUT2D eigenvalue weighted by atomic mass is 10.1. The maximum Gasteiger partial charge on any atom is 0.136 e. The monoisotopic (exact) mass is 300 g/mol. The minimum absolute atomic E-state index is 0.329. The predicted octanol–water partition coefficient (Wildman–Crippen LogP) is 2.77. The van der Waals surface area contributed by atoms with Crippen molar-refractivity contribution in [2.75, 3.05) is 12.8 Å². The highest BCUT2D eigenvalue weighted by atomic mass is 32.2. The zero-order valence-electron chi connectivity index (χ0n) is 11.9. The Bertz CT molecular complexity index is 736. The van der Waals surface area contributed by atoms with Crippen molar-refractivity contribution in [2.45, 2.75) is 17.6 Å². The first-order chi connectivity index (χ1) is 10.1. The lowest BCUT2D eigenvalue weighted by molar-refractivity contribution is 0.413. The third kappa shape index (κ3) is 3.23. The van der Waals surface area contributed by atoms with Crippen LogP contribution in [0.15, 0.2) is 41.3 Å². The Kier molecular flexibility index (Phi) is 4.61. The van der Waals surface area contributed by atoms with Crippen LogP contribution in [-0.4, -0.2) is 11.3 Å². The van der Waals surface area contributed by atoms with Crippen molar-refractivity contribution < 1.29 is 8.95 Å². The molecule has 2 aromatic carbocycles. The first-order valence-corrected chi connectivity index (χ1v) is 7.69. The summed E-state index contributed by atoms with van der Waals surface area (Å²) in [6.45, 7) is 1.89. The van der Waals surface area contributed by atoms with Crippen LogP contribution in [0.4, 0.5) is 5.69 Å². The molecule has 0 aromatic heterocycles. The number of nitriles is 1. The van der Waals surface area contributed by atoms with Crippen LogP contribution in [0.3, 0.4) is 0 Å². The van der Waals surface area contributed by atoms with E-state index >= 15 is 0 Å². The number of rotatable bonds is 4. The van der Waals surface area contributed by atoms with Gasteiger partial charge in [-0.2, -0.15) is 5.26 Å². The average molecular weight is 300 g/mol. The van der Waals surface area contributed by atoms with Gasteiger partial charge in [-0.3, -0.25) is 4.21 Å². The molecule has 2 N–H and O–H groups in total. The van der Waals surface area contributed by atoms with Crippen molar-refractivity contribution in [3.8, 4) is 11.8 Å². The van der Waals surface area contributed by atoms with Crippen molar-refractivity contribution in [1.82, 2.24) is 0 Å². The molecule has 0 radical (unpaired) electrons. The molecule has 0 fully saturated rings. The molecule has 108 valence electrons. The minimum Gasteiger partial charge on any atom is -0.495 e. The van der Waals surface area contributed by atoms with Gasteiger partial charge < -0.3 is 10.5 Å². The van der Waals surface area contributed by atoms with Crippen molar-refractivity contribution in [2.24, 2.45) is 0 Å². The zero-order chi connectivity index (χ0) is 15.4. The third-order valence-corrected chi connectivity index (χ3v) is 4.66. The predicted molar refractivity (Wildman–Crippen MR) is 83.4 cm³/mol. The topological polar surface area (TPSA) is 76.1 Å². The van der Waals surface area contributed by atoms with Crippen LogP contribution in [-0.2, 0) is 16.6 Å². The summed E-state index contributed by atoms with van der Waals surface area (Å²) in [4.78, 5) is 0.637. The van der Waals surface area contributed by atoms with E-state index in [1.807, 2.05) is 19.1 Å². The van der Waals surface area contributed by atoms with Gasteiger partial charge in [-0.25, -0.2) is 0 Å². The number of nitrogens with two attached hydrogens (primary N) is 1. The van der Waals surface area contributed by atoms with Gasteiger partial charge in [0.2, 0.25) is 0 Å². The van der Waals surface area contributed by atoms with Crippen LogP contribution in [0, 0.1) is 18.3 Å². The molecule has 1 atom stereocenters. The highest BCUT2D eigenvalue weighted by Gasteiger charge is 2.12. The molecule has 0 spiro atoms. The molecule has 1 unspecified atom stereocenters. The third-order valence-electron chi connectivity index (χ3n) is 3.21. The summed E-state index contributed by atoms with van der Waals surface area (Å²) < 4.78 is 17.6. The Labute approximate surface area is 126 Å². The van der Waals surface area contributed by atoms with Crippen LogP contribution in [0.1, 0.15) is 16.7 Å². The van der Waals surface area contributed by atoms with Gasteiger partial charge in [0.05, 0.1) is 39.8 Å². The van der Waals surface area contributed by atoms with E-state index in [0.29, 0.717) is 27.6 Å². The molecule has 0 aliphatic carbocycles. The molecule has 0 saturated heterocycles. The molecule has 2 rings (SSSR count). The number of benzene rings is 2. The summed E-state index contributed by atoms with van der Waals surface area (Å²) in [6.07, 6.45) is 0. The van der Waals surface area contributed by atoms with Gasteiger partial charge in [0.15, 0.2) is 0 Å². The fourth-order valence-corrected chi connectivity index (χ4v) is 3.27. The minimum atomic E-state index is -1.24. The fourth-order valence-electron chi connectivity index (χ4n) is 2.00. The van der Waals surface area contributed by atoms with Gasteiger partial charge in [-0.1, -0.05) is 18.2 Å². The van der Waals surface area contributed by atoms with E-state index in [9.17, 15) is 4.21 Å². The largest absolute Gasteiger partial charge is 0.495 e. The molecule has 0 heterocycles. The number of para-hydroxylation sites is 1. The molecule has 21 heavy (non-hydrogen) atoms. The summed E-state index contributed by atoms with van der Waals surface area (Å²) in [5.41, 5.74) is 8.76. The van der Waals surface area contributed by atoms with Gasteiger partial charge in [-0.15, -0.1) is 0 Å². The molecule has 0 amide bonds. The number of aryl methyl sites for hydroxylation is 1. The van der Waals surface area contributed by atoms with Crippen LogP contribution < -0.4 is 10.5 Å². The quantitative estimate of drug-likeness (QED) is 0.881. The average Bonchev–Trinajstić information content (AvgIpc) is 2.49. The van der Waals surface area contributed by atoms with E-state index < -0.39 is 10.8 Å². The number of anilines is 1. The molecule has 0 aliphatic rings. The van der Waals surface area contributed by atoms with E-state index in [-0.39, 0.29) is 0 Å². The highest BCUT2D eigenvalue weighted by molar-refractivity contribution is 7.84. The molecular weight excluding hydrogens is 284 g/mol. The van der Waals surface area contributed by atoms with E-state index in [1.54, 1.807) is 24.3 Å². The van der Waals surface area contributed by atoms with E-state index in [2.05, 4.69) is 6.07 Å². The molecular formula is C16H16N2O2S. The lowest BCUT2D eigenvalue weighted by Gasteiger charge is -2.09. The lowest BCUT2D eigenvalue weighted by Crippen LogP contribution is -2.03. The maximum absolute atomic E-state index is 12.5. The normalized spacial score (nSPS) is 11.7. The number of methoxy groups -OCH3 is 1. The molecule has 0 bridgehead atoms. The van der Waals surface area contributed by atoms with Crippen LogP contribution >= 0.6 is 0 Å².